The molecule has 1 aromatic carbocycles. The zero-order chi connectivity index (χ0) is 17.7. The van der Waals surface area contributed by atoms with Gasteiger partial charge in [0.05, 0.1) is 11.5 Å². The molecule has 1 saturated carbocycles. The molecule has 2 aliphatic heterocycles. The van der Waals surface area contributed by atoms with E-state index in [4.69, 9.17) is 18.4 Å². The van der Waals surface area contributed by atoms with E-state index in [9.17, 15) is 13.5 Å². The van der Waals surface area contributed by atoms with Crippen molar-refractivity contribution >= 4 is 10.1 Å². The second kappa shape index (κ2) is 6.29. The first-order chi connectivity index (χ1) is 11.9. The minimum absolute atomic E-state index is 0.0724. The van der Waals surface area contributed by atoms with Gasteiger partial charge < -0.3 is 19.3 Å². The highest BCUT2D eigenvalue weighted by Gasteiger charge is 2.58. The SMILES string of the molecule is Cc1ccc(S(=O)(=O)OC[C@H]2O[C@H]3OC4(CCCC4)O[C@@H]3[C@H]2O)cc1. The predicted molar refractivity (Wildman–Crippen MR) is 86.1 cm³/mol. The molecule has 138 valence electrons. The largest absolute Gasteiger partial charge is 0.387 e. The summed E-state index contributed by atoms with van der Waals surface area (Å²) in [7, 11) is -3.91. The van der Waals surface area contributed by atoms with Crippen LogP contribution in [-0.4, -0.2) is 50.5 Å². The van der Waals surface area contributed by atoms with Crippen LogP contribution in [0.15, 0.2) is 29.2 Å². The minimum atomic E-state index is -3.91. The average Bonchev–Trinajstić information content (AvgIpc) is 3.25. The molecule has 8 heteroatoms. The Morgan fingerprint density at radius 2 is 1.88 bits per heavy atom. The van der Waals surface area contributed by atoms with E-state index < -0.39 is 40.5 Å². The molecule has 1 aliphatic carbocycles. The zero-order valence-corrected chi connectivity index (χ0v) is 14.8. The lowest BCUT2D eigenvalue weighted by atomic mass is 10.1. The van der Waals surface area contributed by atoms with Gasteiger partial charge in [0.2, 0.25) is 0 Å². The Kier molecular flexibility index (Phi) is 4.38. The standard InChI is InChI=1S/C17H22O7S/c1-11-4-6-12(7-5-11)25(19,20)21-10-13-14(18)15-16(22-13)24-17(23-15)8-2-3-9-17/h4-7,13-16,18H,2-3,8-10H2,1H3/t13-,14+,15-,16+/m1/s1. The van der Waals surface area contributed by atoms with Crippen LogP contribution in [-0.2, 0) is 28.5 Å². The van der Waals surface area contributed by atoms with Crippen molar-refractivity contribution in [2.24, 2.45) is 0 Å². The molecule has 1 aromatic rings. The summed E-state index contributed by atoms with van der Waals surface area (Å²) in [6.45, 7) is 1.58. The van der Waals surface area contributed by atoms with Crippen molar-refractivity contribution in [1.29, 1.82) is 0 Å². The average molecular weight is 370 g/mol. The number of aliphatic hydroxyl groups excluding tert-OH is 1. The van der Waals surface area contributed by atoms with Crippen LogP contribution in [0.25, 0.3) is 0 Å². The first-order valence-corrected chi connectivity index (χ1v) is 9.95. The Labute approximate surface area is 147 Å². The van der Waals surface area contributed by atoms with Crippen LogP contribution in [0.3, 0.4) is 0 Å². The van der Waals surface area contributed by atoms with Crippen molar-refractivity contribution < 1.29 is 31.9 Å². The normalized spacial score (nSPS) is 33.8. The number of rotatable bonds is 4. The van der Waals surface area contributed by atoms with Gasteiger partial charge in [-0.1, -0.05) is 17.7 Å². The van der Waals surface area contributed by atoms with Crippen LogP contribution >= 0.6 is 0 Å². The molecule has 1 spiro atoms. The summed E-state index contributed by atoms with van der Waals surface area (Å²) in [6, 6.07) is 6.37. The van der Waals surface area contributed by atoms with Gasteiger partial charge in [-0.3, -0.25) is 4.18 Å². The van der Waals surface area contributed by atoms with Gasteiger partial charge in [-0.15, -0.1) is 0 Å². The van der Waals surface area contributed by atoms with Crippen LogP contribution in [0.5, 0.6) is 0 Å². The lowest BCUT2D eigenvalue weighted by Crippen LogP contribution is -2.38. The molecular weight excluding hydrogens is 348 g/mol. The van der Waals surface area contributed by atoms with E-state index in [-0.39, 0.29) is 11.5 Å². The molecule has 7 nitrogen and oxygen atoms in total. The maximum absolute atomic E-state index is 12.2. The molecule has 0 radical (unpaired) electrons. The molecule has 25 heavy (non-hydrogen) atoms. The monoisotopic (exact) mass is 370 g/mol. The molecule has 0 bridgehead atoms. The molecule has 0 aromatic heterocycles. The molecule has 3 fully saturated rings. The van der Waals surface area contributed by atoms with Crippen LogP contribution in [0.2, 0.25) is 0 Å². The lowest BCUT2D eigenvalue weighted by molar-refractivity contribution is -0.231. The third-order valence-electron chi connectivity index (χ3n) is 5.04. The first kappa shape index (κ1) is 17.4. The number of fused-ring (bicyclic) bond motifs is 1. The van der Waals surface area contributed by atoms with Gasteiger partial charge in [0.1, 0.15) is 18.3 Å². The van der Waals surface area contributed by atoms with Crippen molar-refractivity contribution in [3.8, 4) is 0 Å². The number of ether oxygens (including phenoxy) is 3. The second-order valence-electron chi connectivity index (χ2n) is 6.90. The third kappa shape index (κ3) is 3.22. The van der Waals surface area contributed by atoms with Crippen LogP contribution in [0.1, 0.15) is 31.2 Å². The van der Waals surface area contributed by atoms with Crippen LogP contribution < -0.4 is 0 Å². The second-order valence-corrected chi connectivity index (χ2v) is 8.52. The lowest BCUT2D eigenvalue weighted by Gasteiger charge is -2.25. The molecule has 2 heterocycles. The topological polar surface area (TPSA) is 91.3 Å². The maximum Gasteiger partial charge on any atom is 0.297 e. The maximum atomic E-state index is 12.2. The molecule has 4 atom stereocenters. The van der Waals surface area contributed by atoms with Gasteiger partial charge in [0, 0.05) is 12.8 Å². The molecule has 4 rings (SSSR count). The smallest absolute Gasteiger partial charge is 0.297 e. The molecule has 3 aliphatic rings. The highest BCUT2D eigenvalue weighted by molar-refractivity contribution is 7.86. The summed E-state index contributed by atoms with van der Waals surface area (Å²) >= 11 is 0. The van der Waals surface area contributed by atoms with Gasteiger partial charge in [0.25, 0.3) is 10.1 Å². The van der Waals surface area contributed by atoms with Gasteiger partial charge in [0.15, 0.2) is 12.1 Å². The first-order valence-electron chi connectivity index (χ1n) is 8.54. The summed E-state index contributed by atoms with van der Waals surface area (Å²) in [5.74, 6) is -0.643. The van der Waals surface area contributed by atoms with Gasteiger partial charge in [-0.05, 0) is 31.9 Å². The van der Waals surface area contributed by atoms with Crippen molar-refractivity contribution in [2.45, 2.75) is 67.9 Å². The van der Waals surface area contributed by atoms with E-state index in [0.29, 0.717) is 0 Å². The van der Waals surface area contributed by atoms with Gasteiger partial charge >= 0.3 is 0 Å². The summed E-state index contributed by atoms with van der Waals surface area (Å²) in [5.41, 5.74) is 0.955. The summed E-state index contributed by atoms with van der Waals surface area (Å²) in [4.78, 5) is 0.0724. The Bertz CT molecular complexity index is 724. The number of aryl methyl sites for hydroxylation is 1. The minimum Gasteiger partial charge on any atom is -0.387 e. The highest BCUT2D eigenvalue weighted by atomic mass is 32.2. The number of hydrogen-bond donors (Lipinski definition) is 1. The fraction of sp³-hybridized carbons (Fsp3) is 0.647. The number of aliphatic hydroxyl groups is 1. The Hall–Kier alpha value is -1.03. The van der Waals surface area contributed by atoms with Crippen molar-refractivity contribution in [2.75, 3.05) is 6.61 Å². The van der Waals surface area contributed by atoms with Crippen LogP contribution in [0, 0.1) is 6.92 Å². The van der Waals surface area contributed by atoms with Crippen molar-refractivity contribution in [3.63, 3.8) is 0 Å². The summed E-state index contributed by atoms with van der Waals surface area (Å²) in [6.07, 6.45) is 0.552. The molecule has 0 amide bonds. The summed E-state index contributed by atoms with van der Waals surface area (Å²) < 4.78 is 46.9. The number of hydrogen-bond acceptors (Lipinski definition) is 7. The van der Waals surface area contributed by atoms with E-state index >= 15 is 0 Å². The van der Waals surface area contributed by atoms with E-state index in [1.807, 2.05) is 6.92 Å². The molecule has 2 saturated heterocycles. The Morgan fingerprint density at radius 1 is 1.20 bits per heavy atom. The Balaban J connectivity index is 1.38. The van der Waals surface area contributed by atoms with E-state index in [2.05, 4.69) is 0 Å². The fourth-order valence-electron chi connectivity index (χ4n) is 3.63. The van der Waals surface area contributed by atoms with E-state index in [0.717, 1.165) is 31.2 Å². The molecule has 1 N–H and O–H groups in total. The van der Waals surface area contributed by atoms with Crippen molar-refractivity contribution in [3.05, 3.63) is 29.8 Å². The highest BCUT2D eigenvalue weighted by Crippen LogP contribution is 2.46. The molecule has 0 unspecified atom stereocenters. The van der Waals surface area contributed by atoms with Crippen LogP contribution in [0.4, 0.5) is 0 Å². The number of benzene rings is 1. The van der Waals surface area contributed by atoms with E-state index in [1.165, 1.54) is 12.1 Å². The van der Waals surface area contributed by atoms with Gasteiger partial charge in [-0.25, -0.2) is 0 Å². The third-order valence-corrected chi connectivity index (χ3v) is 6.33. The Morgan fingerprint density at radius 3 is 2.52 bits per heavy atom. The van der Waals surface area contributed by atoms with Crippen molar-refractivity contribution in [1.82, 2.24) is 0 Å². The summed E-state index contributed by atoms with van der Waals surface area (Å²) in [5, 5.41) is 10.4. The molecular formula is C17H22O7S. The van der Waals surface area contributed by atoms with Gasteiger partial charge in [-0.2, -0.15) is 8.42 Å². The van der Waals surface area contributed by atoms with E-state index in [1.54, 1.807) is 12.1 Å². The zero-order valence-electron chi connectivity index (χ0n) is 14.0. The quantitative estimate of drug-likeness (QED) is 0.803. The predicted octanol–water partition coefficient (Wildman–Crippen LogP) is 1.47. The fourth-order valence-corrected chi connectivity index (χ4v) is 4.55.